The van der Waals surface area contributed by atoms with Crippen molar-refractivity contribution < 1.29 is 30.3 Å². The molecule has 0 saturated carbocycles. The maximum atomic E-state index is 11.9. The lowest BCUT2D eigenvalue weighted by Gasteiger charge is -2.09. The van der Waals surface area contributed by atoms with Crippen LogP contribution in [-0.2, 0) is 6.54 Å². The summed E-state index contributed by atoms with van der Waals surface area (Å²) in [6.45, 7) is -0.0411. The molecular weight excluding hydrogens is 278 g/mol. The normalized spacial score (nSPS) is 10.3. The van der Waals surface area contributed by atoms with E-state index in [4.69, 9.17) is 5.11 Å². The molecule has 7 heteroatoms. The van der Waals surface area contributed by atoms with E-state index in [0.717, 1.165) is 6.07 Å². The van der Waals surface area contributed by atoms with Gasteiger partial charge in [0.2, 0.25) is 0 Å². The number of nitrogens with one attached hydrogen (secondary N) is 1. The summed E-state index contributed by atoms with van der Waals surface area (Å²) in [5.74, 6) is -2.79. The van der Waals surface area contributed by atoms with Crippen LogP contribution in [0.25, 0.3) is 0 Å². The van der Waals surface area contributed by atoms with Gasteiger partial charge in [-0.25, -0.2) is 0 Å². The summed E-state index contributed by atoms with van der Waals surface area (Å²) >= 11 is 0. The third-order valence-corrected chi connectivity index (χ3v) is 2.81. The van der Waals surface area contributed by atoms with Crippen molar-refractivity contribution in [3.63, 3.8) is 0 Å². The summed E-state index contributed by atoms with van der Waals surface area (Å²) in [4.78, 5) is 11.9. The van der Waals surface area contributed by atoms with Crippen LogP contribution < -0.4 is 5.32 Å². The lowest BCUT2D eigenvalue weighted by molar-refractivity contribution is 0.0948. The van der Waals surface area contributed by atoms with Gasteiger partial charge in [0.1, 0.15) is 11.5 Å². The summed E-state index contributed by atoms with van der Waals surface area (Å²) in [6.07, 6.45) is 0. The lowest BCUT2D eigenvalue weighted by atomic mass is 10.1. The highest BCUT2D eigenvalue weighted by atomic mass is 16.3. The highest BCUT2D eigenvalue weighted by molar-refractivity contribution is 5.96. The molecule has 0 unspecified atom stereocenters. The SMILES string of the molecule is O=C(NCc1cc(O)c(O)c(O)c1)c1ccc(O)cc1O. The number of rotatable bonds is 3. The van der Waals surface area contributed by atoms with Crippen molar-refractivity contribution in [2.45, 2.75) is 6.54 Å². The summed E-state index contributed by atoms with van der Waals surface area (Å²) in [7, 11) is 0. The van der Waals surface area contributed by atoms with Gasteiger partial charge < -0.3 is 30.8 Å². The van der Waals surface area contributed by atoms with E-state index >= 15 is 0 Å². The minimum atomic E-state index is -0.638. The van der Waals surface area contributed by atoms with Gasteiger partial charge in [0.25, 0.3) is 5.91 Å². The molecule has 2 aromatic rings. The number of amides is 1. The van der Waals surface area contributed by atoms with Crippen LogP contribution >= 0.6 is 0 Å². The summed E-state index contributed by atoms with van der Waals surface area (Å²) in [5.41, 5.74) is 0.328. The van der Waals surface area contributed by atoms with E-state index < -0.39 is 23.2 Å². The van der Waals surface area contributed by atoms with E-state index in [9.17, 15) is 25.2 Å². The summed E-state index contributed by atoms with van der Waals surface area (Å²) in [6, 6.07) is 5.92. The van der Waals surface area contributed by atoms with Crippen molar-refractivity contribution in [1.82, 2.24) is 5.32 Å². The fraction of sp³-hybridized carbons (Fsp3) is 0.0714. The van der Waals surface area contributed by atoms with Gasteiger partial charge in [0.15, 0.2) is 17.2 Å². The first-order chi connectivity index (χ1) is 9.88. The van der Waals surface area contributed by atoms with Crippen LogP contribution in [0.4, 0.5) is 0 Å². The smallest absolute Gasteiger partial charge is 0.255 e. The molecule has 0 radical (unpaired) electrons. The second-order valence-electron chi connectivity index (χ2n) is 4.37. The van der Waals surface area contributed by atoms with Gasteiger partial charge in [-0.3, -0.25) is 4.79 Å². The van der Waals surface area contributed by atoms with Gasteiger partial charge >= 0.3 is 0 Å². The number of benzene rings is 2. The Morgan fingerprint density at radius 2 is 1.52 bits per heavy atom. The van der Waals surface area contributed by atoms with Crippen LogP contribution in [0.3, 0.4) is 0 Å². The highest BCUT2D eigenvalue weighted by Crippen LogP contribution is 2.35. The molecule has 21 heavy (non-hydrogen) atoms. The van der Waals surface area contributed by atoms with Crippen LogP contribution in [0, 0.1) is 0 Å². The molecule has 2 aromatic carbocycles. The summed E-state index contributed by atoms with van der Waals surface area (Å²) < 4.78 is 0. The number of carbonyl (C=O) groups excluding carboxylic acids is 1. The molecule has 7 nitrogen and oxygen atoms in total. The lowest BCUT2D eigenvalue weighted by Crippen LogP contribution is -2.22. The fourth-order valence-corrected chi connectivity index (χ4v) is 1.75. The minimum Gasteiger partial charge on any atom is -0.508 e. The van der Waals surface area contributed by atoms with E-state index in [1.807, 2.05) is 0 Å². The van der Waals surface area contributed by atoms with Crippen molar-refractivity contribution in [1.29, 1.82) is 0 Å². The van der Waals surface area contributed by atoms with Gasteiger partial charge in [0, 0.05) is 12.6 Å². The molecule has 0 spiro atoms. The molecule has 0 aromatic heterocycles. The molecule has 110 valence electrons. The van der Waals surface area contributed by atoms with Crippen LogP contribution in [0.1, 0.15) is 15.9 Å². The van der Waals surface area contributed by atoms with Crippen LogP contribution in [0.15, 0.2) is 30.3 Å². The molecule has 0 fully saturated rings. The standard InChI is InChI=1S/C14H13NO6/c16-8-1-2-9(10(17)5-8)14(21)15-6-7-3-11(18)13(20)12(19)4-7/h1-5,16-20H,6H2,(H,15,21). The zero-order valence-corrected chi connectivity index (χ0v) is 10.7. The van der Waals surface area contributed by atoms with Gasteiger partial charge in [-0.1, -0.05) is 0 Å². The van der Waals surface area contributed by atoms with Crippen molar-refractivity contribution in [2.75, 3.05) is 0 Å². The highest BCUT2D eigenvalue weighted by Gasteiger charge is 2.13. The predicted octanol–water partition coefficient (Wildman–Crippen LogP) is 1.14. The molecule has 0 atom stereocenters. The van der Waals surface area contributed by atoms with E-state index in [0.29, 0.717) is 5.56 Å². The number of hydrogen-bond donors (Lipinski definition) is 6. The van der Waals surface area contributed by atoms with Crippen molar-refractivity contribution >= 4 is 5.91 Å². The Morgan fingerprint density at radius 3 is 2.10 bits per heavy atom. The fourth-order valence-electron chi connectivity index (χ4n) is 1.75. The van der Waals surface area contributed by atoms with E-state index in [-0.39, 0.29) is 23.6 Å². The molecule has 0 aliphatic carbocycles. The predicted molar refractivity (Wildman–Crippen MR) is 72.4 cm³/mol. The molecular formula is C14H13NO6. The Kier molecular flexibility index (Phi) is 3.75. The largest absolute Gasteiger partial charge is 0.508 e. The third-order valence-electron chi connectivity index (χ3n) is 2.81. The molecule has 0 aliphatic rings. The van der Waals surface area contributed by atoms with Gasteiger partial charge in [0.05, 0.1) is 5.56 Å². The molecule has 1 amide bonds. The van der Waals surface area contributed by atoms with E-state index in [2.05, 4.69) is 5.32 Å². The van der Waals surface area contributed by atoms with Crippen molar-refractivity contribution in [3.8, 4) is 28.7 Å². The molecule has 0 saturated heterocycles. The van der Waals surface area contributed by atoms with Crippen LogP contribution in [0.2, 0.25) is 0 Å². The first kappa shape index (κ1) is 14.3. The zero-order valence-electron chi connectivity index (χ0n) is 10.7. The first-order valence-corrected chi connectivity index (χ1v) is 5.92. The number of hydrogen-bond acceptors (Lipinski definition) is 6. The average Bonchev–Trinajstić information content (AvgIpc) is 2.42. The Labute approximate surface area is 119 Å². The molecule has 0 aliphatic heterocycles. The summed E-state index contributed by atoms with van der Waals surface area (Å²) in [5, 5.41) is 49.1. The topological polar surface area (TPSA) is 130 Å². The van der Waals surface area contributed by atoms with Gasteiger partial charge in [-0.05, 0) is 29.8 Å². The zero-order chi connectivity index (χ0) is 15.6. The second kappa shape index (κ2) is 5.49. The van der Waals surface area contributed by atoms with Crippen LogP contribution in [0.5, 0.6) is 28.7 Å². The molecule has 0 heterocycles. The number of phenols is 5. The van der Waals surface area contributed by atoms with Crippen molar-refractivity contribution in [2.24, 2.45) is 0 Å². The maximum Gasteiger partial charge on any atom is 0.255 e. The Hall–Kier alpha value is -3.09. The second-order valence-corrected chi connectivity index (χ2v) is 4.37. The quantitative estimate of drug-likeness (QED) is 0.470. The monoisotopic (exact) mass is 291 g/mol. The average molecular weight is 291 g/mol. The van der Waals surface area contributed by atoms with E-state index in [1.165, 1.54) is 24.3 Å². The Bertz CT molecular complexity index is 675. The van der Waals surface area contributed by atoms with Gasteiger partial charge in [-0.15, -0.1) is 0 Å². The Balaban J connectivity index is 2.11. The number of phenolic OH excluding ortho intramolecular Hbond substituents is 5. The molecule has 6 N–H and O–H groups in total. The first-order valence-electron chi connectivity index (χ1n) is 5.92. The van der Waals surface area contributed by atoms with E-state index in [1.54, 1.807) is 0 Å². The maximum absolute atomic E-state index is 11.9. The van der Waals surface area contributed by atoms with Crippen molar-refractivity contribution in [3.05, 3.63) is 41.5 Å². The molecule has 0 bridgehead atoms. The third kappa shape index (κ3) is 3.08. The molecule has 2 rings (SSSR count). The Morgan fingerprint density at radius 1 is 0.905 bits per heavy atom. The van der Waals surface area contributed by atoms with Crippen LogP contribution in [-0.4, -0.2) is 31.4 Å². The minimum absolute atomic E-state index is 0.0278. The number of carbonyl (C=O) groups is 1. The number of aromatic hydroxyl groups is 5. The van der Waals surface area contributed by atoms with Gasteiger partial charge in [-0.2, -0.15) is 0 Å².